The third kappa shape index (κ3) is 1.77. The minimum atomic E-state index is 0.747. The van der Waals surface area contributed by atoms with Crippen LogP contribution in [-0.2, 0) is 19.9 Å². The molecule has 0 saturated heterocycles. The first-order valence-electron chi connectivity index (χ1n) is 5.18. The van der Waals surface area contributed by atoms with Gasteiger partial charge in [-0.15, -0.1) is 0 Å². The van der Waals surface area contributed by atoms with Gasteiger partial charge in [-0.05, 0) is 6.42 Å². The molecule has 0 amide bonds. The maximum absolute atomic E-state index is 4.40. The van der Waals surface area contributed by atoms with E-state index in [4.69, 9.17) is 0 Å². The van der Waals surface area contributed by atoms with Gasteiger partial charge in [0.1, 0.15) is 5.82 Å². The molecule has 0 aliphatic carbocycles. The van der Waals surface area contributed by atoms with Crippen LogP contribution in [0.15, 0.2) is 6.20 Å². The Bertz CT molecular complexity index is 454. The van der Waals surface area contributed by atoms with Gasteiger partial charge in [-0.1, -0.05) is 13.8 Å². The highest BCUT2D eigenvalue weighted by atomic mass is 15.3. The van der Waals surface area contributed by atoms with Crippen molar-refractivity contribution >= 4 is 0 Å². The maximum Gasteiger partial charge on any atom is 0.184 e. The first-order chi connectivity index (χ1) is 7.24. The van der Waals surface area contributed by atoms with Gasteiger partial charge in [0.2, 0.25) is 0 Å². The average Bonchev–Trinajstić information content (AvgIpc) is 2.82. The fraction of sp³-hybridized carbons (Fsp3) is 0.500. The van der Waals surface area contributed by atoms with Crippen LogP contribution in [-0.4, -0.2) is 25.0 Å². The van der Waals surface area contributed by atoms with E-state index in [0.717, 1.165) is 35.7 Å². The number of nitrogens with zero attached hydrogens (tertiary/aromatic N) is 4. The zero-order valence-electron chi connectivity index (χ0n) is 9.28. The molecule has 15 heavy (non-hydrogen) atoms. The maximum atomic E-state index is 4.40. The predicted molar refractivity (Wildman–Crippen MR) is 57.3 cm³/mol. The summed E-state index contributed by atoms with van der Waals surface area (Å²) in [6.07, 6.45) is 3.72. The van der Waals surface area contributed by atoms with Crippen LogP contribution >= 0.6 is 0 Å². The van der Waals surface area contributed by atoms with Gasteiger partial charge in [-0.3, -0.25) is 9.78 Å². The third-order valence-electron chi connectivity index (χ3n) is 2.35. The highest BCUT2D eigenvalue weighted by molar-refractivity contribution is 5.56. The Labute approximate surface area is 88.5 Å². The van der Waals surface area contributed by atoms with Gasteiger partial charge in [-0.25, -0.2) is 4.98 Å². The minimum absolute atomic E-state index is 0.747. The smallest absolute Gasteiger partial charge is 0.184 e. The number of aromatic amines is 1. The van der Waals surface area contributed by atoms with E-state index in [0.29, 0.717) is 0 Å². The van der Waals surface area contributed by atoms with Gasteiger partial charge < -0.3 is 0 Å². The lowest BCUT2D eigenvalue weighted by Crippen LogP contribution is -1.89. The molecule has 0 fully saturated rings. The molecule has 0 unspecified atom stereocenters. The molecule has 2 rings (SSSR count). The summed E-state index contributed by atoms with van der Waals surface area (Å²) in [5.74, 6) is 1.66. The highest BCUT2D eigenvalue weighted by Gasteiger charge is 2.12. The van der Waals surface area contributed by atoms with Crippen molar-refractivity contribution in [3.63, 3.8) is 0 Å². The highest BCUT2D eigenvalue weighted by Crippen LogP contribution is 2.19. The van der Waals surface area contributed by atoms with Crippen molar-refractivity contribution in [2.45, 2.75) is 26.7 Å². The molecule has 80 valence electrons. The van der Waals surface area contributed by atoms with Gasteiger partial charge in [0.25, 0.3) is 0 Å². The molecule has 0 saturated carbocycles. The molecule has 0 aromatic carbocycles. The second-order valence-electron chi connectivity index (χ2n) is 3.48. The Morgan fingerprint density at radius 2 is 2.13 bits per heavy atom. The number of nitrogens with one attached hydrogen (secondary N) is 1. The number of aromatic nitrogens is 5. The molecule has 2 aromatic rings. The molecule has 2 aromatic heterocycles. The zero-order chi connectivity index (χ0) is 10.8. The van der Waals surface area contributed by atoms with E-state index in [1.165, 1.54) is 0 Å². The van der Waals surface area contributed by atoms with Crippen LogP contribution in [0.2, 0.25) is 0 Å². The summed E-state index contributed by atoms with van der Waals surface area (Å²) in [6.45, 7) is 4.13. The predicted octanol–water partition coefficient (Wildman–Crippen LogP) is 1.33. The summed E-state index contributed by atoms with van der Waals surface area (Å²) in [5.41, 5.74) is 2.06. The van der Waals surface area contributed by atoms with Gasteiger partial charge in [-0.2, -0.15) is 10.2 Å². The summed E-state index contributed by atoms with van der Waals surface area (Å²) < 4.78 is 1.80. The van der Waals surface area contributed by atoms with Crippen molar-refractivity contribution in [2.75, 3.05) is 0 Å². The van der Waals surface area contributed by atoms with Crippen molar-refractivity contribution in [1.29, 1.82) is 0 Å². The topological polar surface area (TPSA) is 59.4 Å². The molecule has 1 N–H and O–H groups in total. The summed E-state index contributed by atoms with van der Waals surface area (Å²) in [5, 5.41) is 11.5. The molecule has 5 heteroatoms. The second-order valence-corrected chi connectivity index (χ2v) is 3.48. The van der Waals surface area contributed by atoms with Crippen molar-refractivity contribution in [3.05, 3.63) is 17.7 Å². The lowest BCUT2D eigenvalue weighted by molar-refractivity contribution is 0.746. The Morgan fingerprint density at radius 3 is 2.73 bits per heavy atom. The first kappa shape index (κ1) is 9.89. The molecule has 0 atom stereocenters. The average molecular weight is 205 g/mol. The molecular formula is C10H15N5. The fourth-order valence-electron chi connectivity index (χ4n) is 1.56. The number of hydrogen-bond acceptors (Lipinski definition) is 3. The normalized spacial score (nSPS) is 10.9. The Morgan fingerprint density at radius 1 is 1.33 bits per heavy atom. The number of H-pyrrole nitrogens is 1. The number of rotatable bonds is 3. The fourth-order valence-corrected chi connectivity index (χ4v) is 1.56. The van der Waals surface area contributed by atoms with Crippen LogP contribution in [0.5, 0.6) is 0 Å². The van der Waals surface area contributed by atoms with E-state index in [9.17, 15) is 0 Å². The van der Waals surface area contributed by atoms with Crippen molar-refractivity contribution in [1.82, 2.24) is 25.0 Å². The molecule has 5 nitrogen and oxygen atoms in total. The molecule has 2 heterocycles. The van der Waals surface area contributed by atoms with E-state index in [1.54, 1.807) is 4.68 Å². The quantitative estimate of drug-likeness (QED) is 0.822. The summed E-state index contributed by atoms with van der Waals surface area (Å²) in [6, 6.07) is 0. The van der Waals surface area contributed by atoms with Crippen molar-refractivity contribution in [3.8, 4) is 11.4 Å². The monoisotopic (exact) mass is 205 g/mol. The van der Waals surface area contributed by atoms with Crippen LogP contribution in [0.3, 0.4) is 0 Å². The van der Waals surface area contributed by atoms with E-state index < -0.39 is 0 Å². The lowest BCUT2D eigenvalue weighted by Gasteiger charge is -1.91. The van der Waals surface area contributed by atoms with Gasteiger partial charge in [0.15, 0.2) is 5.82 Å². The second kappa shape index (κ2) is 3.84. The van der Waals surface area contributed by atoms with Gasteiger partial charge in [0.05, 0.1) is 11.3 Å². The largest absolute Gasteiger partial charge is 0.275 e. The summed E-state index contributed by atoms with van der Waals surface area (Å²) in [7, 11) is 1.91. The molecule has 0 radical (unpaired) electrons. The third-order valence-corrected chi connectivity index (χ3v) is 2.35. The molecular weight excluding hydrogens is 190 g/mol. The van der Waals surface area contributed by atoms with Crippen LogP contribution < -0.4 is 0 Å². The summed E-state index contributed by atoms with van der Waals surface area (Å²) in [4.78, 5) is 4.40. The van der Waals surface area contributed by atoms with E-state index in [1.807, 2.05) is 20.2 Å². The molecule has 0 aliphatic rings. The Hall–Kier alpha value is -1.65. The minimum Gasteiger partial charge on any atom is -0.275 e. The van der Waals surface area contributed by atoms with Crippen LogP contribution in [0, 0.1) is 0 Å². The van der Waals surface area contributed by atoms with Crippen molar-refractivity contribution in [2.24, 2.45) is 7.05 Å². The number of aryl methyl sites for hydroxylation is 3. The molecule has 0 aliphatic heterocycles. The van der Waals surface area contributed by atoms with E-state index in [2.05, 4.69) is 27.2 Å². The SMILES string of the molecule is CCc1nc(-c2cn(C)nc2CC)n[nH]1. The van der Waals surface area contributed by atoms with Gasteiger partial charge >= 0.3 is 0 Å². The van der Waals surface area contributed by atoms with E-state index >= 15 is 0 Å². The van der Waals surface area contributed by atoms with Crippen LogP contribution in [0.4, 0.5) is 0 Å². The molecule has 0 bridgehead atoms. The number of hydrogen-bond donors (Lipinski definition) is 1. The van der Waals surface area contributed by atoms with Crippen molar-refractivity contribution < 1.29 is 0 Å². The van der Waals surface area contributed by atoms with Crippen LogP contribution in [0.1, 0.15) is 25.4 Å². The first-order valence-corrected chi connectivity index (χ1v) is 5.18. The van der Waals surface area contributed by atoms with E-state index in [-0.39, 0.29) is 0 Å². The van der Waals surface area contributed by atoms with Crippen LogP contribution in [0.25, 0.3) is 11.4 Å². The summed E-state index contributed by atoms with van der Waals surface area (Å²) >= 11 is 0. The van der Waals surface area contributed by atoms with Gasteiger partial charge in [0, 0.05) is 19.7 Å². The Kier molecular flexibility index (Phi) is 2.53. The standard InChI is InChI=1S/C10H15N5/c1-4-8-7(6-15(3)14-8)10-11-9(5-2)12-13-10/h6H,4-5H2,1-3H3,(H,11,12,13). The molecule has 0 spiro atoms. The zero-order valence-corrected chi connectivity index (χ0v) is 9.28. The lowest BCUT2D eigenvalue weighted by atomic mass is 10.2. The Balaban J connectivity index is 2.43.